The molecule has 0 aliphatic rings. The van der Waals surface area contributed by atoms with Crippen LogP contribution >= 0.6 is 11.8 Å². The van der Waals surface area contributed by atoms with Crippen molar-refractivity contribution < 1.29 is 8.78 Å². The van der Waals surface area contributed by atoms with Crippen molar-refractivity contribution in [2.24, 2.45) is 5.84 Å². The van der Waals surface area contributed by atoms with Gasteiger partial charge in [-0.2, -0.15) is 0 Å². The number of nitrogens with two attached hydrogens (primary N) is 1. The second-order valence-corrected chi connectivity index (χ2v) is 5.58. The molecule has 2 aromatic rings. The maximum Gasteiger partial charge on any atom is 0.163 e. The second-order valence-electron chi connectivity index (χ2n) is 4.24. The number of benzene rings is 2. The normalized spacial score (nSPS) is 12.4. The van der Waals surface area contributed by atoms with Crippen molar-refractivity contribution in [2.75, 3.05) is 5.75 Å². The van der Waals surface area contributed by atoms with Gasteiger partial charge >= 0.3 is 0 Å². The molecule has 0 saturated heterocycles. The van der Waals surface area contributed by atoms with E-state index in [1.54, 1.807) is 11.8 Å². The molecule has 2 rings (SSSR count). The lowest BCUT2D eigenvalue weighted by Gasteiger charge is -2.18. The molecule has 2 nitrogen and oxygen atoms in total. The number of thioether (sulfide) groups is 1. The fraction of sp³-hybridized carbons (Fsp3) is 0.200. The Kier molecular flexibility index (Phi) is 5.11. The zero-order valence-corrected chi connectivity index (χ0v) is 11.9. The van der Waals surface area contributed by atoms with Crippen LogP contribution in [0.15, 0.2) is 47.4 Å². The van der Waals surface area contributed by atoms with Gasteiger partial charge in [0.1, 0.15) is 0 Å². The first-order valence-corrected chi connectivity index (χ1v) is 7.28. The Morgan fingerprint density at radius 1 is 1.15 bits per heavy atom. The minimum absolute atomic E-state index is 0.198. The molecule has 3 N–H and O–H groups in total. The largest absolute Gasteiger partial charge is 0.271 e. The van der Waals surface area contributed by atoms with Gasteiger partial charge in [-0.05, 0) is 29.5 Å². The monoisotopic (exact) mass is 294 g/mol. The molecule has 1 atom stereocenters. The van der Waals surface area contributed by atoms with Crippen LogP contribution in [0.2, 0.25) is 0 Å². The highest BCUT2D eigenvalue weighted by atomic mass is 32.2. The van der Waals surface area contributed by atoms with Crippen LogP contribution in [0.4, 0.5) is 8.78 Å². The number of hydrazine groups is 1. The summed E-state index contributed by atoms with van der Waals surface area (Å²) in [6, 6.07) is 11.1. The molecule has 0 spiro atoms. The van der Waals surface area contributed by atoms with Crippen molar-refractivity contribution >= 4 is 11.8 Å². The van der Waals surface area contributed by atoms with E-state index in [0.717, 1.165) is 22.3 Å². The van der Waals surface area contributed by atoms with Gasteiger partial charge in [0.15, 0.2) is 11.6 Å². The SMILES string of the molecule is CCSc1ccc(C(NN)c2cccc(F)c2F)cc1. The van der Waals surface area contributed by atoms with Gasteiger partial charge in [0.2, 0.25) is 0 Å². The standard InChI is InChI=1S/C15H16F2N2S/c1-2-20-11-8-6-10(7-9-11)15(19-18)12-4-3-5-13(16)14(12)17/h3-9,15,19H,2,18H2,1H3. The van der Waals surface area contributed by atoms with E-state index in [1.165, 1.54) is 12.1 Å². The predicted molar refractivity (Wildman–Crippen MR) is 78.4 cm³/mol. The van der Waals surface area contributed by atoms with Crippen molar-refractivity contribution in [3.05, 3.63) is 65.2 Å². The fourth-order valence-electron chi connectivity index (χ4n) is 2.03. The van der Waals surface area contributed by atoms with Crippen LogP contribution in [0.25, 0.3) is 0 Å². The summed E-state index contributed by atoms with van der Waals surface area (Å²) in [5, 5.41) is 0. The first-order valence-electron chi connectivity index (χ1n) is 6.30. The zero-order chi connectivity index (χ0) is 14.5. The predicted octanol–water partition coefficient (Wildman–Crippen LogP) is 3.63. The summed E-state index contributed by atoms with van der Waals surface area (Å²) < 4.78 is 27.2. The molecule has 0 bridgehead atoms. The van der Waals surface area contributed by atoms with Crippen molar-refractivity contribution in [1.29, 1.82) is 0 Å². The van der Waals surface area contributed by atoms with E-state index in [1.807, 2.05) is 24.3 Å². The number of hydrogen-bond donors (Lipinski definition) is 2. The fourth-order valence-corrected chi connectivity index (χ4v) is 2.69. The summed E-state index contributed by atoms with van der Waals surface area (Å²) in [6.07, 6.45) is 0. The molecular weight excluding hydrogens is 278 g/mol. The van der Waals surface area contributed by atoms with Gasteiger partial charge in [-0.3, -0.25) is 5.84 Å². The highest BCUT2D eigenvalue weighted by Gasteiger charge is 2.18. The summed E-state index contributed by atoms with van der Waals surface area (Å²) in [4.78, 5) is 1.13. The third-order valence-electron chi connectivity index (χ3n) is 2.98. The summed E-state index contributed by atoms with van der Waals surface area (Å²) >= 11 is 1.72. The molecule has 0 saturated carbocycles. The van der Waals surface area contributed by atoms with Gasteiger partial charge < -0.3 is 0 Å². The minimum atomic E-state index is -0.874. The summed E-state index contributed by atoms with van der Waals surface area (Å²) in [5.74, 6) is 4.74. The summed E-state index contributed by atoms with van der Waals surface area (Å²) in [6.45, 7) is 2.07. The number of rotatable bonds is 5. The van der Waals surface area contributed by atoms with Gasteiger partial charge in [0.25, 0.3) is 0 Å². The third kappa shape index (κ3) is 3.17. The van der Waals surface area contributed by atoms with Crippen LogP contribution in [0.3, 0.4) is 0 Å². The Morgan fingerprint density at radius 2 is 1.85 bits per heavy atom. The number of halogens is 2. The molecule has 5 heteroatoms. The van der Waals surface area contributed by atoms with Crippen LogP contribution in [0, 0.1) is 11.6 Å². The van der Waals surface area contributed by atoms with Crippen LogP contribution in [0.5, 0.6) is 0 Å². The number of hydrogen-bond acceptors (Lipinski definition) is 3. The highest BCUT2D eigenvalue weighted by Crippen LogP contribution is 2.27. The van der Waals surface area contributed by atoms with Crippen molar-refractivity contribution in [1.82, 2.24) is 5.43 Å². The lowest BCUT2D eigenvalue weighted by atomic mass is 9.99. The molecule has 0 aliphatic carbocycles. The van der Waals surface area contributed by atoms with E-state index >= 15 is 0 Å². The second kappa shape index (κ2) is 6.83. The Bertz CT molecular complexity index is 573. The molecule has 1 unspecified atom stereocenters. The molecule has 106 valence electrons. The Balaban J connectivity index is 2.34. The molecule has 2 aromatic carbocycles. The molecule has 0 aromatic heterocycles. The van der Waals surface area contributed by atoms with E-state index < -0.39 is 17.7 Å². The molecule has 0 heterocycles. The van der Waals surface area contributed by atoms with E-state index in [-0.39, 0.29) is 5.56 Å². The maximum absolute atomic E-state index is 13.8. The van der Waals surface area contributed by atoms with Crippen LogP contribution in [0.1, 0.15) is 24.1 Å². The van der Waals surface area contributed by atoms with Gasteiger partial charge in [-0.15, -0.1) is 11.8 Å². The first kappa shape index (κ1) is 15.0. The first-order chi connectivity index (χ1) is 9.67. The van der Waals surface area contributed by atoms with Gasteiger partial charge in [0, 0.05) is 10.5 Å². The van der Waals surface area contributed by atoms with Crippen molar-refractivity contribution in [3.8, 4) is 0 Å². The highest BCUT2D eigenvalue weighted by molar-refractivity contribution is 7.99. The lowest BCUT2D eigenvalue weighted by Crippen LogP contribution is -2.29. The Morgan fingerprint density at radius 3 is 2.45 bits per heavy atom. The Labute approximate surface area is 121 Å². The molecular formula is C15H16F2N2S. The van der Waals surface area contributed by atoms with Gasteiger partial charge in [-0.25, -0.2) is 14.2 Å². The summed E-state index contributed by atoms with van der Waals surface area (Å²) in [7, 11) is 0. The molecule has 20 heavy (non-hydrogen) atoms. The average molecular weight is 294 g/mol. The molecule has 0 radical (unpaired) electrons. The van der Waals surface area contributed by atoms with Crippen molar-refractivity contribution in [2.45, 2.75) is 17.9 Å². The van der Waals surface area contributed by atoms with Gasteiger partial charge in [0.05, 0.1) is 6.04 Å². The Hall–Kier alpha value is -1.43. The lowest BCUT2D eigenvalue weighted by molar-refractivity contribution is 0.483. The summed E-state index contributed by atoms with van der Waals surface area (Å²) in [5.41, 5.74) is 3.53. The van der Waals surface area contributed by atoms with Crippen LogP contribution < -0.4 is 11.3 Å². The topological polar surface area (TPSA) is 38.0 Å². The van der Waals surface area contributed by atoms with E-state index in [2.05, 4.69) is 12.3 Å². The smallest absolute Gasteiger partial charge is 0.163 e. The van der Waals surface area contributed by atoms with E-state index in [4.69, 9.17) is 5.84 Å². The van der Waals surface area contributed by atoms with E-state index in [0.29, 0.717) is 0 Å². The molecule has 0 fully saturated rings. The minimum Gasteiger partial charge on any atom is -0.271 e. The van der Waals surface area contributed by atoms with Crippen LogP contribution in [-0.2, 0) is 0 Å². The molecule has 0 amide bonds. The number of nitrogens with one attached hydrogen (secondary N) is 1. The van der Waals surface area contributed by atoms with E-state index in [9.17, 15) is 8.78 Å². The zero-order valence-electron chi connectivity index (χ0n) is 11.1. The van der Waals surface area contributed by atoms with Crippen molar-refractivity contribution in [3.63, 3.8) is 0 Å². The maximum atomic E-state index is 13.8. The molecule has 0 aliphatic heterocycles. The van der Waals surface area contributed by atoms with Crippen LogP contribution in [-0.4, -0.2) is 5.75 Å². The average Bonchev–Trinajstić information content (AvgIpc) is 2.46. The van der Waals surface area contributed by atoms with Gasteiger partial charge in [-0.1, -0.05) is 31.2 Å². The third-order valence-corrected chi connectivity index (χ3v) is 3.88. The quantitative estimate of drug-likeness (QED) is 0.502.